The number of hydrogen-bond acceptors (Lipinski definition) is 4. The molecule has 0 spiro atoms. The third-order valence-electron chi connectivity index (χ3n) is 1.61. The highest BCUT2D eigenvalue weighted by Crippen LogP contribution is 1.98. The molecule has 0 unspecified atom stereocenters. The quantitative estimate of drug-likeness (QED) is 0.402. The van der Waals surface area contributed by atoms with Crippen LogP contribution < -0.4 is 15.2 Å². The van der Waals surface area contributed by atoms with Crippen LogP contribution >= 0.6 is 0 Å². The molecule has 9 heteroatoms. The first-order chi connectivity index (χ1) is 7.28. The van der Waals surface area contributed by atoms with Crippen molar-refractivity contribution in [3.05, 3.63) is 0 Å². The van der Waals surface area contributed by atoms with Gasteiger partial charge in [-0.15, -0.1) is 0 Å². The van der Waals surface area contributed by atoms with Crippen LogP contribution in [0.2, 0.25) is 0 Å². The molecular formula is C7H15N3O5S. The molecule has 0 radical (unpaired) electrons. The van der Waals surface area contributed by atoms with Gasteiger partial charge in [0.1, 0.15) is 6.04 Å². The molecule has 0 rings (SSSR count). The number of rotatable bonds is 8. The molecule has 0 saturated carbocycles. The fourth-order valence-electron chi connectivity index (χ4n) is 0.938. The zero-order valence-electron chi connectivity index (χ0n) is 8.76. The van der Waals surface area contributed by atoms with Gasteiger partial charge in [0.05, 0.1) is 0 Å². The van der Waals surface area contributed by atoms with Gasteiger partial charge < -0.3 is 10.8 Å². The van der Waals surface area contributed by atoms with Gasteiger partial charge >= 0.3 is 5.97 Å². The molecule has 5 N–H and O–H groups in total. The lowest BCUT2D eigenvalue weighted by Crippen LogP contribution is -2.46. The second-order valence-electron chi connectivity index (χ2n) is 3.01. The van der Waals surface area contributed by atoms with Gasteiger partial charge in [-0.2, -0.15) is 13.1 Å². The van der Waals surface area contributed by atoms with E-state index in [-0.39, 0.29) is 19.4 Å². The van der Waals surface area contributed by atoms with Crippen molar-refractivity contribution in [2.24, 2.45) is 5.73 Å². The van der Waals surface area contributed by atoms with Gasteiger partial charge in [-0.1, -0.05) is 6.92 Å². The van der Waals surface area contributed by atoms with E-state index in [1.54, 1.807) is 6.92 Å². The van der Waals surface area contributed by atoms with E-state index in [2.05, 4.69) is 4.72 Å². The Labute approximate surface area is 93.4 Å². The summed E-state index contributed by atoms with van der Waals surface area (Å²) in [5, 5.41) is 8.71. The van der Waals surface area contributed by atoms with Gasteiger partial charge in [-0.25, -0.2) is 4.72 Å². The Kier molecular flexibility index (Phi) is 5.93. The summed E-state index contributed by atoms with van der Waals surface area (Å²) in [6.07, 6.45) is -0.388. The average molecular weight is 253 g/mol. The summed E-state index contributed by atoms with van der Waals surface area (Å²) in [5.74, 6) is -2.04. The number of nitrogens with two attached hydrogens (primary N) is 1. The second-order valence-corrected chi connectivity index (χ2v) is 4.55. The zero-order valence-corrected chi connectivity index (χ0v) is 9.58. The Morgan fingerprint density at radius 1 is 1.44 bits per heavy atom. The number of primary amides is 1. The Hall–Kier alpha value is -1.19. The van der Waals surface area contributed by atoms with Gasteiger partial charge in [0.2, 0.25) is 5.91 Å². The molecule has 0 fully saturated rings. The Bertz CT molecular complexity index is 353. The van der Waals surface area contributed by atoms with Crippen LogP contribution in [0.5, 0.6) is 0 Å². The minimum atomic E-state index is -3.86. The number of carbonyl (C=O) groups is 2. The standard InChI is InChI=1S/C7H15N3O5S/c1-2-9-16(14,15)10-5(7(12)13)3-4-6(8)11/h5,9-10H,2-4H2,1H3,(H2,8,11)(H,12,13)/t5-/m0/s1. The number of amides is 1. The first-order valence-corrected chi connectivity index (χ1v) is 6.05. The average Bonchev–Trinajstić information content (AvgIpc) is 2.11. The molecule has 0 aliphatic rings. The van der Waals surface area contributed by atoms with Crippen LogP contribution in [0.4, 0.5) is 0 Å². The highest BCUT2D eigenvalue weighted by atomic mass is 32.2. The van der Waals surface area contributed by atoms with E-state index in [1.165, 1.54) is 0 Å². The predicted octanol–water partition coefficient (Wildman–Crippen LogP) is -1.85. The van der Waals surface area contributed by atoms with Crippen molar-refractivity contribution in [3.8, 4) is 0 Å². The molecule has 0 bridgehead atoms. The molecular weight excluding hydrogens is 238 g/mol. The maximum atomic E-state index is 11.2. The minimum Gasteiger partial charge on any atom is -0.480 e. The van der Waals surface area contributed by atoms with Crippen molar-refractivity contribution in [2.45, 2.75) is 25.8 Å². The van der Waals surface area contributed by atoms with Crippen LogP contribution in [0, 0.1) is 0 Å². The smallest absolute Gasteiger partial charge is 0.321 e. The lowest BCUT2D eigenvalue weighted by molar-refractivity contribution is -0.139. The molecule has 1 amide bonds. The first kappa shape index (κ1) is 14.8. The SMILES string of the molecule is CCNS(=O)(=O)N[C@@H](CCC(N)=O)C(=O)O. The van der Waals surface area contributed by atoms with Gasteiger partial charge in [0, 0.05) is 13.0 Å². The largest absolute Gasteiger partial charge is 0.480 e. The first-order valence-electron chi connectivity index (χ1n) is 4.56. The predicted molar refractivity (Wildman–Crippen MR) is 55.6 cm³/mol. The summed E-state index contributed by atoms with van der Waals surface area (Å²) in [6, 6.07) is -1.36. The lowest BCUT2D eigenvalue weighted by atomic mass is 10.2. The highest BCUT2D eigenvalue weighted by Gasteiger charge is 2.23. The summed E-state index contributed by atoms with van der Waals surface area (Å²) in [5.41, 5.74) is 4.84. The van der Waals surface area contributed by atoms with Crippen LogP contribution in [0.25, 0.3) is 0 Å². The molecule has 0 aliphatic heterocycles. The molecule has 0 aromatic heterocycles. The summed E-state index contributed by atoms with van der Waals surface area (Å²) in [7, 11) is -3.86. The van der Waals surface area contributed by atoms with Crippen molar-refractivity contribution in [2.75, 3.05) is 6.54 Å². The number of aliphatic carboxylic acids is 1. The van der Waals surface area contributed by atoms with Gasteiger partial charge in [0.15, 0.2) is 0 Å². The Balaban J connectivity index is 4.45. The normalized spacial score (nSPS) is 13.3. The number of carboxylic acid groups (broad SMARTS) is 1. The number of carboxylic acids is 1. The van der Waals surface area contributed by atoms with Gasteiger partial charge in [-0.3, -0.25) is 9.59 Å². The lowest BCUT2D eigenvalue weighted by Gasteiger charge is -2.13. The molecule has 0 aromatic rings. The van der Waals surface area contributed by atoms with Crippen molar-refractivity contribution < 1.29 is 23.1 Å². The van der Waals surface area contributed by atoms with Crippen molar-refractivity contribution in [1.82, 2.24) is 9.44 Å². The minimum absolute atomic E-state index is 0.136. The summed E-state index contributed by atoms with van der Waals surface area (Å²) < 4.78 is 26.4. The molecule has 0 aromatic carbocycles. The van der Waals surface area contributed by atoms with Crippen molar-refractivity contribution in [1.29, 1.82) is 0 Å². The third-order valence-corrected chi connectivity index (χ3v) is 2.87. The van der Waals surface area contributed by atoms with Crippen LogP contribution in [0.1, 0.15) is 19.8 Å². The highest BCUT2D eigenvalue weighted by molar-refractivity contribution is 7.87. The molecule has 94 valence electrons. The monoisotopic (exact) mass is 253 g/mol. The van der Waals surface area contributed by atoms with E-state index in [9.17, 15) is 18.0 Å². The van der Waals surface area contributed by atoms with Crippen molar-refractivity contribution in [3.63, 3.8) is 0 Å². The van der Waals surface area contributed by atoms with Crippen molar-refractivity contribution >= 4 is 22.1 Å². The number of carbonyl (C=O) groups excluding carboxylic acids is 1. The molecule has 16 heavy (non-hydrogen) atoms. The van der Waals surface area contributed by atoms with Crippen LogP contribution in [0.3, 0.4) is 0 Å². The van der Waals surface area contributed by atoms with E-state index in [4.69, 9.17) is 10.8 Å². The van der Waals surface area contributed by atoms with Gasteiger partial charge in [-0.05, 0) is 6.42 Å². The van der Waals surface area contributed by atoms with Crippen LogP contribution in [0.15, 0.2) is 0 Å². The van der Waals surface area contributed by atoms with E-state index in [1.807, 2.05) is 4.72 Å². The number of nitrogens with one attached hydrogen (secondary N) is 2. The fourth-order valence-corrected chi connectivity index (χ4v) is 1.99. The topological polar surface area (TPSA) is 139 Å². The molecule has 0 aliphatic carbocycles. The maximum Gasteiger partial charge on any atom is 0.321 e. The van der Waals surface area contributed by atoms with Crippen LogP contribution in [-0.4, -0.2) is 38.0 Å². The molecule has 8 nitrogen and oxygen atoms in total. The van der Waals surface area contributed by atoms with E-state index in [0.717, 1.165) is 0 Å². The molecule has 0 heterocycles. The number of hydrogen-bond donors (Lipinski definition) is 4. The van der Waals surface area contributed by atoms with Crippen LogP contribution in [-0.2, 0) is 19.8 Å². The summed E-state index contributed by atoms with van der Waals surface area (Å²) >= 11 is 0. The van der Waals surface area contributed by atoms with Gasteiger partial charge in [0.25, 0.3) is 10.2 Å². The molecule has 1 atom stereocenters. The Morgan fingerprint density at radius 2 is 2.00 bits per heavy atom. The van der Waals surface area contributed by atoms with E-state index < -0.39 is 28.1 Å². The zero-order chi connectivity index (χ0) is 12.8. The second kappa shape index (κ2) is 6.40. The summed E-state index contributed by atoms with van der Waals surface area (Å²) in [4.78, 5) is 21.1. The fraction of sp³-hybridized carbons (Fsp3) is 0.714. The Morgan fingerprint density at radius 3 is 2.38 bits per heavy atom. The van der Waals surface area contributed by atoms with E-state index >= 15 is 0 Å². The summed E-state index contributed by atoms with van der Waals surface area (Å²) in [6.45, 7) is 1.69. The van der Waals surface area contributed by atoms with E-state index in [0.29, 0.717) is 0 Å². The third kappa shape index (κ3) is 6.32. The maximum absolute atomic E-state index is 11.2. The molecule has 0 saturated heterocycles.